The van der Waals surface area contributed by atoms with Crippen molar-refractivity contribution in [3.63, 3.8) is 0 Å². The minimum atomic E-state index is -0.953. The van der Waals surface area contributed by atoms with Crippen LogP contribution in [0.4, 0.5) is 0 Å². The first kappa shape index (κ1) is 23.9. The average molecular weight is 489 g/mol. The minimum Gasteiger partial charge on any atom is -0.393 e. The second-order valence-electron chi connectivity index (χ2n) is 16.0. The van der Waals surface area contributed by atoms with Crippen molar-refractivity contribution in [3.05, 3.63) is 0 Å². The van der Waals surface area contributed by atoms with Crippen LogP contribution in [0.2, 0.25) is 0 Å². The van der Waals surface area contributed by atoms with Gasteiger partial charge in [-0.2, -0.15) is 0 Å². The van der Waals surface area contributed by atoms with Gasteiger partial charge >= 0.3 is 0 Å². The van der Waals surface area contributed by atoms with Gasteiger partial charge in [-0.1, -0.05) is 34.6 Å². The van der Waals surface area contributed by atoms with E-state index in [-0.39, 0.29) is 57.4 Å². The van der Waals surface area contributed by atoms with E-state index in [1.807, 2.05) is 13.8 Å². The lowest BCUT2D eigenvalue weighted by Gasteiger charge is -2.64. The van der Waals surface area contributed by atoms with E-state index in [1.54, 1.807) is 0 Å². The summed E-state index contributed by atoms with van der Waals surface area (Å²) in [5.74, 6) is 0.894. The van der Waals surface area contributed by atoms with Crippen LogP contribution in [0.15, 0.2) is 0 Å². The van der Waals surface area contributed by atoms with Crippen molar-refractivity contribution < 1.29 is 24.8 Å². The lowest BCUT2D eigenvalue weighted by molar-refractivity contribution is -0.255. The van der Waals surface area contributed by atoms with E-state index in [0.717, 1.165) is 32.1 Å². The van der Waals surface area contributed by atoms with E-state index in [4.69, 9.17) is 9.47 Å². The molecular formula is C30H48O5. The topological polar surface area (TPSA) is 79.2 Å². The first-order valence-corrected chi connectivity index (χ1v) is 14.5. The van der Waals surface area contributed by atoms with Gasteiger partial charge in [0.05, 0.1) is 23.9 Å². The number of hydrogen-bond donors (Lipinski definition) is 3. The van der Waals surface area contributed by atoms with E-state index >= 15 is 0 Å². The van der Waals surface area contributed by atoms with Crippen LogP contribution in [0.25, 0.3) is 0 Å². The van der Waals surface area contributed by atoms with Gasteiger partial charge in [0, 0.05) is 17.8 Å². The van der Waals surface area contributed by atoms with Crippen molar-refractivity contribution in [1.29, 1.82) is 0 Å². The number of aliphatic hydroxyl groups excluding tert-OH is 2. The lowest BCUT2D eigenvalue weighted by atomic mass is 9.41. The van der Waals surface area contributed by atoms with Crippen LogP contribution in [-0.2, 0) is 9.47 Å². The highest BCUT2D eigenvalue weighted by atomic mass is 16.8. The zero-order valence-corrected chi connectivity index (χ0v) is 22.9. The van der Waals surface area contributed by atoms with E-state index < -0.39 is 11.4 Å². The number of fused-ring (bicyclic) bond motifs is 4. The van der Waals surface area contributed by atoms with Crippen molar-refractivity contribution >= 4 is 0 Å². The van der Waals surface area contributed by atoms with Crippen LogP contribution in [0, 0.1) is 50.7 Å². The number of aliphatic hydroxyl groups is 3. The summed E-state index contributed by atoms with van der Waals surface area (Å²) in [7, 11) is 0. The van der Waals surface area contributed by atoms with Crippen LogP contribution < -0.4 is 0 Å². The Balaban J connectivity index is 1.32. The third kappa shape index (κ3) is 2.38. The second-order valence-corrected chi connectivity index (χ2v) is 16.0. The van der Waals surface area contributed by atoms with Crippen LogP contribution in [-0.4, -0.2) is 51.1 Å². The molecule has 0 amide bonds. The highest BCUT2D eigenvalue weighted by Crippen LogP contribution is 2.90. The Hall–Kier alpha value is -0.200. The van der Waals surface area contributed by atoms with E-state index in [2.05, 4.69) is 34.6 Å². The molecule has 2 saturated heterocycles. The van der Waals surface area contributed by atoms with Crippen LogP contribution in [0.1, 0.15) is 99.8 Å². The second kappa shape index (κ2) is 6.33. The molecule has 2 bridgehead atoms. The summed E-state index contributed by atoms with van der Waals surface area (Å²) in [5, 5.41) is 34.1. The molecule has 13 atom stereocenters. The summed E-state index contributed by atoms with van der Waals surface area (Å²) in [4.78, 5) is 0. The molecule has 2 aliphatic heterocycles. The molecule has 3 N–H and O–H groups in total. The van der Waals surface area contributed by atoms with Gasteiger partial charge < -0.3 is 24.8 Å². The van der Waals surface area contributed by atoms with Gasteiger partial charge in [0.25, 0.3) is 0 Å². The smallest absolute Gasteiger partial charge is 0.173 e. The molecule has 5 nitrogen and oxygen atoms in total. The molecule has 7 aliphatic rings. The zero-order chi connectivity index (χ0) is 25.2. The number of hydrogen-bond acceptors (Lipinski definition) is 5. The van der Waals surface area contributed by atoms with Crippen molar-refractivity contribution in [2.75, 3.05) is 0 Å². The Kier molecular flexibility index (Phi) is 4.32. The van der Waals surface area contributed by atoms with E-state index in [9.17, 15) is 15.3 Å². The Bertz CT molecular complexity index is 957. The Morgan fingerprint density at radius 1 is 0.857 bits per heavy atom. The summed E-state index contributed by atoms with van der Waals surface area (Å²) >= 11 is 0. The molecular weight excluding hydrogens is 440 g/mol. The molecule has 5 heteroatoms. The fourth-order valence-corrected chi connectivity index (χ4v) is 12.7. The Morgan fingerprint density at radius 2 is 1.54 bits per heavy atom. The van der Waals surface area contributed by atoms with Gasteiger partial charge in [0.1, 0.15) is 6.10 Å². The molecule has 5 saturated carbocycles. The standard InChI is InChI=1S/C30H48O5/c1-16-12-17-23(25(4,5)33)35-30(34-17)14-26(6)19-9-8-18-24(2,3)20(31)10-11-28(18)15-29(19,28)13-21(32)27(26,7)22(16)30/h16-23,31-33H,8-15H2,1-7H3. The quantitative estimate of drug-likeness (QED) is 0.500. The first-order valence-electron chi connectivity index (χ1n) is 14.5. The molecule has 7 rings (SSSR count). The van der Waals surface area contributed by atoms with Crippen LogP contribution in [0.3, 0.4) is 0 Å². The third-order valence-corrected chi connectivity index (χ3v) is 14.1. The fraction of sp³-hybridized carbons (Fsp3) is 1.00. The largest absolute Gasteiger partial charge is 0.393 e. The Labute approximate surface area is 211 Å². The molecule has 198 valence electrons. The number of ether oxygens (including phenoxy) is 2. The Morgan fingerprint density at radius 3 is 2.23 bits per heavy atom. The molecule has 13 unspecified atom stereocenters. The number of rotatable bonds is 1. The molecule has 0 aromatic heterocycles. The average Bonchev–Trinajstić information content (AvgIpc) is 3.20. The van der Waals surface area contributed by atoms with Crippen molar-refractivity contribution in [1.82, 2.24) is 0 Å². The van der Waals surface area contributed by atoms with Gasteiger partial charge in [-0.05, 0) is 98.2 Å². The molecule has 2 heterocycles. The maximum Gasteiger partial charge on any atom is 0.173 e. The fourth-order valence-electron chi connectivity index (χ4n) is 12.7. The predicted molar refractivity (Wildman–Crippen MR) is 132 cm³/mol. The van der Waals surface area contributed by atoms with Gasteiger partial charge in [0.15, 0.2) is 5.79 Å². The first-order chi connectivity index (χ1) is 16.1. The van der Waals surface area contributed by atoms with Crippen molar-refractivity contribution in [2.45, 2.75) is 136 Å². The van der Waals surface area contributed by atoms with E-state index in [1.165, 1.54) is 19.3 Å². The summed E-state index contributed by atoms with van der Waals surface area (Å²) in [6.45, 7) is 15.4. The normalized spacial score (nSPS) is 63.9. The molecule has 7 fully saturated rings. The monoisotopic (exact) mass is 488 g/mol. The summed E-state index contributed by atoms with van der Waals surface area (Å²) < 4.78 is 13.7. The van der Waals surface area contributed by atoms with Crippen LogP contribution >= 0.6 is 0 Å². The molecule has 3 spiro atoms. The molecule has 35 heavy (non-hydrogen) atoms. The molecule has 0 aromatic carbocycles. The van der Waals surface area contributed by atoms with Gasteiger partial charge in [-0.15, -0.1) is 0 Å². The summed E-state index contributed by atoms with van der Waals surface area (Å²) in [5.41, 5.74) is -0.908. The highest BCUT2D eigenvalue weighted by molar-refractivity contribution is 5.34. The molecule has 0 aromatic rings. The van der Waals surface area contributed by atoms with E-state index in [0.29, 0.717) is 17.8 Å². The van der Waals surface area contributed by atoms with Gasteiger partial charge in [0.2, 0.25) is 0 Å². The highest BCUT2D eigenvalue weighted by Gasteiger charge is 2.87. The van der Waals surface area contributed by atoms with Crippen molar-refractivity contribution in [2.24, 2.45) is 50.7 Å². The molecule has 0 radical (unpaired) electrons. The lowest BCUT2D eigenvalue weighted by Crippen LogP contribution is -2.62. The maximum absolute atomic E-state index is 12.2. The third-order valence-electron chi connectivity index (χ3n) is 14.1. The van der Waals surface area contributed by atoms with Crippen LogP contribution in [0.5, 0.6) is 0 Å². The zero-order valence-electron chi connectivity index (χ0n) is 22.9. The van der Waals surface area contributed by atoms with Crippen molar-refractivity contribution in [3.8, 4) is 0 Å². The summed E-state index contributed by atoms with van der Waals surface area (Å²) in [6, 6.07) is 0. The summed E-state index contributed by atoms with van der Waals surface area (Å²) in [6.07, 6.45) is 7.19. The predicted octanol–water partition coefficient (Wildman–Crippen LogP) is 4.66. The van der Waals surface area contributed by atoms with Gasteiger partial charge in [-0.25, -0.2) is 0 Å². The maximum atomic E-state index is 12.2. The molecule has 5 aliphatic carbocycles. The SMILES string of the molecule is CC1CC2OC3(CC4(C)C5CCC6C(C)(C)C(O)CCC67CC57CC(O)C4(C)C13)OC2C(C)(C)O. The minimum absolute atomic E-state index is 0.0545. The van der Waals surface area contributed by atoms with Gasteiger partial charge in [-0.3, -0.25) is 0 Å².